The number of nitrogens with zero attached hydrogens (tertiary/aromatic N) is 2. The first-order valence-corrected chi connectivity index (χ1v) is 6.58. The maximum absolute atomic E-state index is 12.7. The molecule has 0 amide bonds. The van der Waals surface area contributed by atoms with Gasteiger partial charge < -0.3 is 0 Å². The topological polar surface area (TPSA) is 70.8 Å². The molecule has 4 nitrogen and oxygen atoms in total. The van der Waals surface area contributed by atoms with Gasteiger partial charge in [-0.3, -0.25) is 0 Å². The Labute approximate surface area is 102 Å². The number of aromatic nitrogens is 1. The van der Waals surface area contributed by atoms with Gasteiger partial charge in [0.2, 0.25) is 0 Å². The molecular formula is C10H9F3N2O2S. The monoisotopic (exact) mass is 278 g/mol. The van der Waals surface area contributed by atoms with E-state index in [4.69, 9.17) is 5.26 Å². The number of alkyl halides is 3. The third kappa shape index (κ3) is 2.79. The minimum absolute atomic E-state index is 0.152. The lowest BCUT2D eigenvalue weighted by atomic mass is 10.2. The zero-order chi connectivity index (χ0) is 14.0. The van der Waals surface area contributed by atoms with Crippen molar-refractivity contribution in [1.29, 1.82) is 5.26 Å². The van der Waals surface area contributed by atoms with Crippen LogP contribution in [0.2, 0.25) is 0 Å². The summed E-state index contributed by atoms with van der Waals surface area (Å²) in [6.45, 7) is 1.52. The van der Waals surface area contributed by atoms with Crippen molar-refractivity contribution in [2.75, 3.05) is 5.75 Å². The van der Waals surface area contributed by atoms with Gasteiger partial charge in [-0.25, -0.2) is 13.4 Å². The standard InChI is InChI=1S/C10H9F3N2O2S/c1-2-5-18(16,17)9-7(10(11,12)13)3-4-15-8(9)6-14/h3-4H,2,5H2,1H3. The molecule has 8 heteroatoms. The smallest absolute Gasteiger partial charge is 0.244 e. The van der Waals surface area contributed by atoms with Crippen LogP contribution >= 0.6 is 0 Å². The Kier molecular flexibility index (Phi) is 3.96. The molecule has 0 aromatic carbocycles. The average molecular weight is 278 g/mol. The van der Waals surface area contributed by atoms with Gasteiger partial charge in [0.25, 0.3) is 0 Å². The molecule has 1 rings (SSSR count). The van der Waals surface area contributed by atoms with Crippen LogP contribution in [0.1, 0.15) is 24.6 Å². The van der Waals surface area contributed by atoms with E-state index in [0.29, 0.717) is 6.07 Å². The molecule has 98 valence electrons. The summed E-state index contributed by atoms with van der Waals surface area (Å²) in [5.41, 5.74) is -2.07. The zero-order valence-electron chi connectivity index (χ0n) is 9.32. The van der Waals surface area contributed by atoms with Crippen LogP contribution in [-0.2, 0) is 16.0 Å². The van der Waals surface area contributed by atoms with Gasteiger partial charge in [0, 0.05) is 6.20 Å². The maximum Gasteiger partial charge on any atom is 0.417 e. The Morgan fingerprint density at radius 1 is 1.44 bits per heavy atom. The molecule has 0 saturated heterocycles. The van der Waals surface area contributed by atoms with E-state index >= 15 is 0 Å². The van der Waals surface area contributed by atoms with Crippen LogP contribution in [0.3, 0.4) is 0 Å². The second-order valence-electron chi connectivity index (χ2n) is 3.46. The third-order valence-electron chi connectivity index (χ3n) is 2.10. The van der Waals surface area contributed by atoms with Gasteiger partial charge in [-0.2, -0.15) is 18.4 Å². The molecule has 0 aliphatic rings. The van der Waals surface area contributed by atoms with Crippen LogP contribution in [-0.4, -0.2) is 19.2 Å². The molecule has 0 spiro atoms. The second kappa shape index (κ2) is 4.94. The van der Waals surface area contributed by atoms with Crippen LogP contribution < -0.4 is 0 Å². The fourth-order valence-corrected chi connectivity index (χ4v) is 3.09. The molecule has 0 aliphatic heterocycles. The summed E-state index contributed by atoms with van der Waals surface area (Å²) in [7, 11) is -4.17. The van der Waals surface area contributed by atoms with E-state index in [9.17, 15) is 21.6 Å². The van der Waals surface area contributed by atoms with Crippen molar-refractivity contribution >= 4 is 9.84 Å². The molecule has 0 aliphatic carbocycles. The molecule has 0 atom stereocenters. The van der Waals surface area contributed by atoms with Gasteiger partial charge in [0.1, 0.15) is 11.0 Å². The molecule has 1 heterocycles. The number of nitriles is 1. The Bertz CT molecular complexity index is 588. The van der Waals surface area contributed by atoms with E-state index in [1.807, 2.05) is 0 Å². The molecule has 1 aromatic rings. The van der Waals surface area contributed by atoms with Crippen molar-refractivity contribution in [3.8, 4) is 6.07 Å². The van der Waals surface area contributed by atoms with Gasteiger partial charge in [0.15, 0.2) is 15.5 Å². The zero-order valence-corrected chi connectivity index (χ0v) is 10.1. The minimum atomic E-state index is -4.84. The minimum Gasteiger partial charge on any atom is -0.244 e. The van der Waals surface area contributed by atoms with E-state index < -0.39 is 37.9 Å². The summed E-state index contributed by atoms with van der Waals surface area (Å²) in [5.74, 6) is -0.462. The molecule has 0 bridgehead atoms. The predicted molar refractivity (Wildman–Crippen MR) is 56.3 cm³/mol. The number of sulfone groups is 1. The van der Waals surface area contributed by atoms with Crippen LogP contribution in [0.4, 0.5) is 13.2 Å². The first-order valence-electron chi connectivity index (χ1n) is 4.93. The summed E-state index contributed by atoms with van der Waals surface area (Å²) < 4.78 is 61.8. The fraction of sp³-hybridized carbons (Fsp3) is 0.400. The number of rotatable bonds is 3. The van der Waals surface area contributed by atoms with E-state index in [-0.39, 0.29) is 6.42 Å². The van der Waals surface area contributed by atoms with E-state index in [1.54, 1.807) is 0 Å². The first kappa shape index (κ1) is 14.4. The summed E-state index contributed by atoms with van der Waals surface area (Å²) in [4.78, 5) is 2.35. The van der Waals surface area contributed by atoms with Crippen molar-refractivity contribution in [3.63, 3.8) is 0 Å². The summed E-state index contributed by atoms with van der Waals surface area (Å²) >= 11 is 0. The molecule has 18 heavy (non-hydrogen) atoms. The lowest BCUT2D eigenvalue weighted by molar-refractivity contribution is -0.140. The van der Waals surface area contributed by atoms with Crippen LogP contribution in [0.15, 0.2) is 17.2 Å². The Morgan fingerprint density at radius 2 is 2.06 bits per heavy atom. The van der Waals surface area contributed by atoms with Gasteiger partial charge in [0.05, 0.1) is 11.3 Å². The third-order valence-corrected chi connectivity index (χ3v) is 4.08. The highest BCUT2D eigenvalue weighted by Gasteiger charge is 2.38. The molecule has 0 N–H and O–H groups in total. The normalized spacial score (nSPS) is 12.2. The average Bonchev–Trinajstić information content (AvgIpc) is 2.26. The van der Waals surface area contributed by atoms with Gasteiger partial charge in [-0.1, -0.05) is 6.92 Å². The lowest BCUT2D eigenvalue weighted by Crippen LogP contribution is -2.17. The molecule has 1 aromatic heterocycles. The van der Waals surface area contributed by atoms with Gasteiger partial charge in [-0.15, -0.1) is 0 Å². The molecule has 0 fully saturated rings. The van der Waals surface area contributed by atoms with Crippen molar-refractivity contribution in [2.24, 2.45) is 0 Å². The van der Waals surface area contributed by atoms with E-state index in [2.05, 4.69) is 4.98 Å². The molecule has 0 radical (unpaired) electrons. The van der Waals surface area contributed by atoms with Crippen molar-refractivity contribution < 1.29 is 21.6 Å². The number of hydrogen-bond donors (Lipinski definition) is 0. The highest BCUT2D eigenvalue weighted by molar-refractivity contribution is 7.91. The van der Waals surface area contributed by atoms with Crippen molar-refractivity contribution in [2.45, 2.75) is 24.4 Å². The summed E-state index contributed by atoms with van der Waals surface area (Å²) in [6.07, 6.45) is -3.92. The van der Waals surface area contributed by atoms with Crippen molar-refractivity contribution in [1.82, 2.24) is 4.98 Å². The Balaban J connectivity index is 3.65. The summed E-state index contributed by atoms with van der Waals surface area (Å²) in [5, 5.41) is 8.70. The highest BCUT2D eigenvalue weighted by Crippen LogP contribution is 2.35. The SMILES string of the molecule is CCCS(=O)(=O)c1c(C(F)(F)F)ccnc1C#N. The maximum atomic E-state index is 12.7. The summed E-state index contributed by atoms with van der Waals surface area (Å²) in [6, 6.07) is 1.94. The van der Waals surface area contributed by atoms with E-state index in [1.165, 1.54) is 13.0 Å². The number of hydrogen-bond acceptors (Lipinski definition) is 4. The first-order chi connectivity index (χ1) is 8.24. The van der Waals surface area contributed by atoms with Gasteiger partial charge in [-0.05, 0) is 12.5 Å². The predicted octanol–water partition coefficient (Wildman–Crippen LogP) is 2.16. The molecular weight excluding hydrogens is 269 g/mol. The Hall–Kier alpha value is -1.62. The van der Waals surface area contributed by atoms with Crippen LogP contribution in [0.25, 0.3) is 0 Å². The molecule has 0 unspecified atom stereocenters. The molecule has 0 saturated carbocycles. The van der Waals surface area contributed by atoms with Crippen LogP contribution in [0, 0.1) is 11.3 Å². The largest absolute Gasteiger partial charge is 0.417 e. The highest BCUT2D eigenvalue weighted by atomic mass is 32.2. The van der Waals surface area contributed by atoms with Crippen LogP contribution in [0.5, 0.6) is 0 Å². The fourth-order valence-electron chi connectivity index (χ4n) is 1.44. The van der Waals surface area contributed by atoms with E-state index in [0.717, 1.165) is 6.20 Å². The van der Waals surface area contributed by atoms with Crippen molar-refractivity contribution in [3.05, 3.63) is 23.5 Å². The lowest BCUT2D eigenvalue weighted by Gasteiger charge is -2.13. The van der Waals surface area contributed by atoms with Gasteiger partial charge >= 0.3 is 6.18 Å². The number of pyridine rings is 1. The Morgan fingerprint density at radius 3 is 2.50 bits per heavy atom. The quantitative estimate of drug-likeness (QED) is 0.849. The number of halogens is 3. The second-order valence-corrected chi connectivity index (χ2v) is 5.51.